The first-order valence-electron chi connectivity index (χ1n) is 4.62. The highest BCUT2D eigenvalue weighted by Crippen LogP contribution is 2.23. The van der Waals surface area contributed by atoms with Crippen LogP contribution in [0.25, 0.3) is 10.2 Å². The first-order valence-corrected chi connectivity index (χ1v) is 5.43. The molecule has 0 spiro atoms. The number of hydrogen-bond acceptors (Lipinski definition) is 4. The first-order chi connectivity index (χ1) is 7.19. The maximum atomic E-state index is 11.1. The van der Waals surface area contributed by atoms with Gasteiger partial charge in [-0.05, 0) is 24.6 Å². The van der Waals surface area contributed by atoms with E-state index in [0.717, 1.165) is 15.2 Å². The van der Waals surface area contributed by atoms with Crippen molar-refractivity contribution in [2.45, 2.75) is 13.3 Å². The summed E-state index contributed by atoms with van der Waals surface area (Å²) in [5.74, 6) is -0.245. The van der Waals surface area contributed by atoms with Crippen LogP contribution in [-0.4, -0.2) is 18.1 Å². The molecule has 78 valence electrons. The molecule has 0 aliphatic rings. The summed E-state index contributed by atoms with van der Waals surface area (Å²) in [6.07, 6.45) is 0.259. The molecule has 0 amide bonds. The molecule has 0 radical (unpaired) electrons. The molecule has 0 N–H and O–H groups in total. The summed E-state index contributed by atoms with van der Waals surface area (Å²) >= 11 is 1.54. The standard InChI is InChI=1S/C11H11NO2S/c1-7-3-4-9-8(5-7)12-10(15-9)6-11(13)14-2/h3-5H,6H2,1-2H3. The molecule has 2 aromatic rings. The second-order valence-corrected chi connectivity index (χ2v) is 4.45. The number of hydrogen-bond donors (Lipinski definition) is 0. The Morgan fingerprint density at radius 2 is 2.33 bits per heavy atom. The lowest BCUT2D eigenvalue weighted by Crippen LogP contribution is -2.03. The number of thiazole rings is 1. The highest BCUT2D eigenvalue weighted by Gasteiger charge is 2.08. The van der Waals surface area contributed by atoms with Crippen LogP contribution in [0.4, 0.5) is 0 Å². The Kier molecular flexibility index (Phi) is 2.68. The van der Waals surface area contributed by atoms with Gasteiger partial charge in [-0.3, -0.25) is 4.79 Å². The zero-order chi connectivity index (χ0) is 10.8. The second kappa shape index (κ2) is 3.98. The highest BCUT2D eigenvalue weighted by molar-refractivity contribution is 7.18. The van der Waals surface area contributed by atoms with Gasteiger partial charge in [-0.25, -0.2) is 4.98 Å². The molecule has 0 atom stereocenters. The third-order valence-electron chi connectivity index (χ3n) is 2.11. The van der Waals surface area contributed by atoms with E-state index < -0.39 is 0 Å². The molecule has 2 rings (SSSR count). The fraction of sp³-hybridized carbons (Fsp3) is 0.273. The van der Waals surface area contributed by atoms with Crippen molar-refractivity contribution >= 4 is 27.5 Å². The molecule has 0 saturated heterocycles. The molecule has 0 bridgehead atoms. The highest BCUT2D eigenvalue weighted by atomic mass is 32.1. The van der Waals surface area contributed by atoms with Crippen LogP contribution < -0.4 is 0 Å². The van der Waals surface area contributed by atoms with E-state index in [9.17, 15) is 4.79 Å². The topological polar surface area (TPSA) is 39.2 Å². The molecule has 0 unspecified atom stereocenters. The van der Waals surface area contributed by atoms with Crippen LogP contribution in [0.15, 0.2) is 18.2 Å². The summed E-state index contributed by atoms with van der Waals surface area (Å²) in [6.45, 7) is 2.03. The number of ether oxygens (including phenoxy) is 1. The number of aryl methyl sites for hydroxylation is 1. The van der Waals surface area contributed by atoms with E-state index in [1.54, 1.807) is 0 Å². The van der Waals surface area contributed by atoms with Gasteiger partial charge in [0.2, 0.25) is 0 Å². The van der Waals surface area contributed by atoms with E-state index in [-0.39, 0.29) is 12.4 Å². The van der Waals surface area contributed by atoms with Gasteiger partial charge in [0.05, 0.1) is 23.7 Å². The van der Waals surface area contributed by atoms with Crippen molar-refractivity contribution in [2.24, 2.45) is 0 Å². The molecular formula is C11H11NO2S. The minimum absolute atomic E-state index is 0.245. The predicted octanol–water partition coefficient (Wildman–Crippen LogP) is 2.32. The van der Waals surface area contributed by atoms with Crippen LogP contribution in [0.3, 0.4) is 0 Å². The number of methoxy groups -OCH3 is 1. The van der Waals surface area contributed by atoms with Gasteiger partial charge in [0.25, 0.3) is 0 Å². The maximum Gasteiger partial charge on any atom is 0.312 e. The Morgan fingerprint density at radius 1 is 1.53 bits per heavy atom. The van der Waals surface area contributed by atoms with Crippen molar-refractivity contribution in [3.63, 3.8) is 0 Å². The molecule has 0 aliphatic heterocycles. The fourth-order valence-electron chi connectivity index (χ4n) is 1.36. The lowest BCUT2D eigenvalue weighted by molar-refractivity contribution is -0.139. The van der Waals surface area contributed by atoms with E-state index >= 15 is 0 Å². The summed E-state index contributed by atoms with van der Waals surface area (Å²) in [5.41, 5.74) is 2.14. The van der Waals surface area contributed by atoms with Gasteiger partial charge in [0.15, 0.2) is 0 Å². The van der Waals surface area contributed by atoms with E-state index in [1.807, 2.05) is 25.1 Å². The normalized spacial score (nSPS) is 10.5. The molecule has 15 heavy (non-hydrogen) atoms. The molecule has 3 nitrogen and oxygen atoms in total. The monoisotopic (exact) mass is 221 g/mol. The van der Waals surface area contributed by atoms with Crippen LogP contribution in [0, 0.1) is 6.92 Å². The third kappa shape index (κ3) is 2.15. The Morgan fingerprint density at radius 3 is 3.07 bits per heavy atom. The lowest BCUT2D eigenvalue weighted by Gasteiger charge is -1.92. The first kappa shape index (κ1) is 10.1. The SMILES string of the molecule is COC(=O)Cc1nc2cc(C)ccc2s1. The van der Waals surface area contributed by atoms with Gasteiger partial charge < -0.3 is 4.74 Å². The third-order valence-corrected chi connectivity index (χ3v) is 3.15. The van der Waals surface area contributed by atoms with Gasteiger partial charge in [0, 0.05) is 0 Å². The van der Waals surface area contributed by atoms with Gasteiger partial charge >= 0.3 is 5.97 Å². The number of carbonyl (C=O) groups excluding carboxylic acids is 1. The molecule has 0 saturated carbocycles. The van der Waals surface area contributed by atoms with Crippen molar-refractivity contribution in [1.29, 1.82) is 0 Å². The molecule has 1 aromatic carbocycles. The smallest absolute Gasteiger partial charge is 0.312 e. The van der Waals surface area contributed by atoms with E-state index in [2.05, 4.69) is 9.72 Å². The summed E-state index contributed by atoms with van der Waals surface area (Å²) in [5, 5.41) is 0.808. The average molecular weight is 221 g/mol. The van der Waals surface area contributed by atoms with Crippen molar-refractivity contribution in [3.05, 3.63) is 28.8 Å². The van der Waals surface area contributed by atoms with E-state index in [4.69, 9.17) is 0 Å². The number of fused-ring (bicyclic) bond motifs is 1. The average Bonchev–Trinajstić information content (AvgIpc) is 2.59. The fourth-order valence-corrected chi connectivity index (χ4v) is 2.29. The lowest BCUT2D eigenvalue weighted by atomic mass is 10.2. The van der Waals surface area contributed by atoms with E-state index in [1.165, 1.54) is 24.0 Å². The molecular weight excluding hydrogens is 210 g/mol. The van der Waals surface area contributed by atoms with Crippen LogP contribution >= 0.6 is 11.3 Å². The van der Waals surface area contributed by atoms with Gasteiger partial charge in [-0.2, -0.15) is 0 Å². The van der Waals surface area contributed by atoms with Gasteiger partial charge in [-0.15, -0.1) is 11.3 Å². The maximum absolute atomic E-state index is 11.1. The zero-order valence-corrected chi connectivity index (χ0v) is 9.43. The molecule has 1 heterocycles. The van der Waals surface area contributed by atoms with Gasteiger partial charge in [0.1, 0.15) is 5.01 Å². The Bertz CT molecular complexity index is 504. The van der Waals surface area contributed by atoms with Gasteiger partial charge in [-0.1, -0.05) is 6.07 Å². The van der Waals surface area contributed by atoms with Crippen LogP contribution in [0.1, 0.15) is 10.6 Å². The van der Waals surface area contributed by atoms with Crippen molar-refractivity contribution in [2.75, 3.05) is 7.11 Å². The molecule has 1 aromatic heterocycles. The van der Waals surface area contributed by atoms with Crippen LogP contribution in [0.5, 0.6) is 0 Å². The number of aromatic nitrogens is 1. The summed E-state index contributed by atoms with van der Waals surface area (Å²) in [7, 11) is 1.39. The van der Waals surface area contributed by atoms with Crippen LogP contribution in [-0.2, 0) is 16.0 Å². The largest absolute Gasteiger partial charge is 0.469 e. The number of carbonyl (C=O) groups is 1. The Hall–Kier alpha value is -1.42. The summed E-state index contributed by atoms with van der Waals surface area (Å²) in [6, 6.07) is 6.10. The quantitative estimate of drug-likeness (QED) is 0.730. The minimum Gasteiger partial charge on any atom is -0.469 e. The molecule has 4 heteroatoms. The summed E-state index contributed by atoms with van der Waals surface area (Å²) in [4.78, 5) is 15.4. The number of esters is 1. The summed E-state index contributed by atoms with van der Waals surface area (Å²) < 4.78 is 5.71. The van der Waals surface area contributed by atoms with Crippen molar-refractivity contribution in [1.82, 2.24) is 4.98 Å². The number of rotatable bonds is 2. The predicted molar refractivity (Wildman–Crippen MR) is 60.1 cm³/mol. The zero-order valence-electron chi connectivity index (χ0n) is 8.61. The van der Waals surface area contributed by atoms with Crippen LogP contribution in [0.2, 0.25) is 0 Å². The van der Waals surface area contributed by atoms with Crippen molar-refractivity contribution < 1.29 is 9.53 Å². The molecule has 0 fully saturated rings. The number of nitrogens with zero attached hydrogens (tertiary/aromatic N) is 1. The number of benzene rings is 1. The molecule has 0 aliphatic carbocycles. The van der Waals surface area contributed by atoms with E-state index in [0.29, 0.717) is 0 Å². The minimum atomic E-state index is -0.245. The second-order valence-electron chi connectivity index (χ2n) is 3.33. The van der Waals surface area contributed by atoms with Crippen molar-refractivity contribution in [3.8, 4) is 0 Å². The Labute approximate surface area is 91.7 Å². The Balaban J connectivity index is 2.34.